The molecule has 1 unspecified atom stereocenters. The predicted molar refractivity (Wildman–Crippen MR) is 116 cm³/mol. The van der Waals surface area contributed by atoms with Gasteiger partial charge in [-0.25, -0.2) is 22.3 Å². The van der Waals surface area contributed by atoms with Gasteiger partial charge in [0.15, 0.2) is 0 Å². The van der Waals surface area contributed by atoms with Crippen LogP contribution in [0.5, 0.6) is 0 Å². The fraction of sp³-hybridized carbons (Fsp3) is 0.150. The van der Waals surface area contributed by atoms with Crippen LogP contribution in [0.1, 0.15) is 24.8 Å². The Labute approximate surface area is 191 Å². The van der Waals surface area contributed by atoms with Gasteiger partial charge in [-0.1, -0.05) is 11.6 Å². The number of rotatable bonds is 4. The summed E-state index contributed by atoms with van der Waals surface area (Å²) in [5, 5.41) is 16.6. The summed E-state index contributed by atoms with van der Waals surface area (Å²) in [6, 6.07) is 4.16. The van der Waals surface area contributed by atoms with Crippen molar-refractivity contribution in [3.8, 4) is 0 Å². The van der Waals surface area contributed by atoms with Crippen molar-refractivity contribution in [1.29, 1.82) is 0 Å². The third-order valence-corrected chi connectivity index (χ3v) is 6.60. The van der Waals surface area contributed by atoms with E-state index in [9.17, 15) is 26.8 Å². The summed E-state index contributed by atoms with van der Waals surface area (Å²) in [5.41, 5.74) is 0.00980. The van der Waals surface area contributed by atoms with Gasteiger partial charge in [0.05, 0.1) is 22.4 Å². The van der Waals surface area contributed by atoms with Crippen LogP contribution in [0.3, 0.4) is 0 Å². The number of nitrogens with zero attached hydrogens (tertiary/aromatic N) is 1. The van der Waals surface area contributed by atoms with Gasteiger partial charge >= 0.3 is 0 Å². The minimum Gasteiger partial charge on any atom is -0.330 e. The van der Waals surface area contributed by atoms with E-state index in [1.165, 1.54) is 19.2 Å². The summed E-state index contributed by atoms with van der Waals surface area (Å²) < 4.78 is 53.1. The molecule has 0 aliphatic carbocycles. The molecule has 0 radical (unpaired) electrons. The van der Waals surface area contributed by atoms with Crippen LogP contribution in [-0.2, 0) is 19.6 Å². The highest BCUT2D eigenvalue weighted by Crippen LogP contribution is 2.38. The normalized spacial score (nSPS) is 16.8. The number of benzene rings is 2. The lowest BCUT2D eigenvalue weighted by atomic mass is 9.83. The Morgan fingerprint density at radius 3 is 2.67 bits per heavy atom. The van der Waals surface area contributed by atoms with E-state index in [0.29, 0.717) is 10.9 Å². The topological polar surface area (TPSA) is 147 Å². The number of anilines is 1. The van der Waals surface area contributed by atoms with E-state index in [1.807, 2.05) is 0 Å². The Hall–Kier alpha value is -3.35. The number of sulfonamides is 1. The summed E-state index contributed by atoms with van der Waals surface area (Å²) in [6.45, 7) is 1.42. The zero-order chi connectivity index (χ0) is 24.1. The number of H-pyrrole nitrogens is 1. The van der Waals surface area contributed by atoms with Crippen LogP contribution >= 0.6 is 11.6 Å². The number of halogens is 3. The first kappa shape index (κ1) is 22.8. The first-order valence-corrected chi connectivity index (χ1v) is 11.3. The van der Waals surface area contributed by atoms with Crippen molar-refractivity contribution in [3.05, 3.63) is 64.0 Å². The van der Waals surface area contributed by atoms with E-state index in [4.69, 9.17) is 16.7 Å². The fourth-order valence-electron chi connectivity index (χ4n) is 3.75. The maximum absolute atomic E-state index is 14.8. The second kappa shape index (κ2) is 8.21. The summed E-state index contributed by atoms with van der Waals surface area (Å²) in [7, 11) is -4.32. The van der Waals surface area contributed by atoms with Crippen molar-refractivity contribution < 1.29 is 26.8 Å². The fourth-order valence-corrected chi connectivity index (χ4v) is 4.85. The van der Waals surface area contributed by atoms with E-state index in [1.54, 1.807) is 0 Å². The lowest BCUT2D eigenvalue weighted by Gasteiger charge is -2.28. The van der Waals surface area contributed by atoms with E-state index in [0.717, 1.165) is 18.2 Å². The van der Waals surface area contributed by atoms with Crippen molar-refractivity contribution in [2.24, 2.45) is 5.14 Å². The molecule has 1 atom stereocenters. The van der Waals surface area contributed by atoms with Crippen molar-refractivity contribution in [1.82, 2.24) is 15.5 Å². The van der Waals surface area contributed by atoms with Crippen molar-refractivity contribution >= 4 is 50.0 Å². The van der Waals surface area contributed by atoms with Crippen LogP contribution in [0.4, 0.5) is 14.5 Å². The van der Waals surface area contributed by atoms with Gasteiger partial charge in [-0.15, -0.1) is 0 Å². The predicted octanol–water partition coefficient (Wildman–Crippen LogP) is 2.66. The van der Waals surface area contributed by atoms with Crippen LogP contribution in [0.25, 0.3) is 10.9 Å². The van der Waals surface area contributed by atoms with Gasteiger partial charge in [0, 0.05) is 35.1 Å². The summed E-state index contributed by atoms with van der Waals surface area (Å²) >= 11 is 5.83. The van der Waals surface area contributed by atoms with Crippen molar-refractivity contribution in [2.45, 2.75) is 24.2 Å². The standard InChI is InChI=1S/C20H16ClF2N5O4S/c1-8-19(20(30)27-16-2-9-7-25-28-15(9)6-14(16)23)11(4-18(29)26-8)10-3-17(33(24,31)32)12(21)5-13(10)22/h2-3,5-7,11H,4H2,1H3,(H,25,28)(H,26,29)(H,27,30)(H2,24,31,32). The monoisotopic (exact) mass is 495 g/mol. The molecule has 5 N–H and O–H groups in total. The lowest BCUT2D eigenvalue weighted by molar-refractivity contribution is -0.121. The lowest BCUT2D eigenvalue weighted by Crippen LogP contribution is -2.36. The number of amides is 2. The number of allylic oxidation sites excluding steroid dienone is 1. The molecule has 1 aromatic heterocycles. The number of aromatic amines is 1. The quantitative estimate of drug-likeness (QED) is 0.439. The van der Waals surface area contributed by atoms with Gasteiger partial charge < -0.3 is 10.6 Å². The van der Waals surface area contributed by atoms with Gasteiger partial charge in [0.2, 0.25) is 15.9 Å². The van der Waals surface area contributed by atoms with Gasteiger partial charge in [-0.2, -0.15) is 5.10 Å². The number of nitrogens with one attached hydrogen (secondary N) is 3. The van der Waals surface area contributed by atoms with Crippen LogP contribution in [-0.4, -0.2) is 30.4 Å². The second-order valence-corrected chi connectivity index (χ2v) is 9.37. The van der Waals surface area contributed by atoms with E-state index in [-0.39, 0.29) is 28.9 Å². The number of nitrogens with two attached hydrogens (primary N) is 1. The number of carbonyl (C=O) groups is 2. The molecule has 0 spiro atoms. The van der Waals surface area contributed by atoms with Gasteiger partial charge in [0.1, 0.15) is 16.5 Å². The molecule has 9 nitrogen and oxygen atoms in total. The number of fused-ring (bicyclic) bond motifs is 1. The van der Waals surface area contributed by atoms with Gasteiger partial charge in [0.25, 0.3) is 5.91 Å². The van der Waals surface area contributed by atoms with Crippen LogP contribution < -0.4 is 15.8 Å². The Morgan fingerprint density at radius 1 is 1.24 bits per heavy atom. The van der Waals surface area contributed by atoms with Crippen LogP contribution in [0.15, 0.2) is 46.6 Å². The molecule has 0 bridgehead atoms. The van der Waals surface area contributed by atoms with Crippen molar-refractivity contribution in [2.75, 3.05) is 5.32 Å². The summed E-state index contributed by atoms with van der Waals surface area (Å²) in [6.07, 6.45) is 1.07. The molecule has 33 heavy (non-hydrogen) atoms. The summed E-state index contributed by atoms with van der Waals surface area (Å²) in [5.74, 6) is -4.20. The van der Waals surface area contributed by atoms with Crippen molar-refractivity contribution in [3.63, 3.8) is 0 Å². The number of aromatic nitrogens is 2. The molecular weight excluding hydrogens is 480 g/mol. The molecule has 172 valence electrons. The maximum atomic E-state index is 14.8. The average Bonchev–Trinajstić information content (AvgIpc) is 3.13. The Bertz CT molecular complexity index is 1470. The largest absolute Gasteiger partial charge is 0.330 e. The third kappa shape index (κ3) is 4.32. The molecule has 4 rings (SSSR count). The number of carbonyl (C=O) groups excluding carboxylic acids is 2. The first-order chi connectivity index (χ1) is 15.5. The zero-order valence-corrected chi connectivity index (χ0v) is 18.4. The smallest absolute Gasteiger partial charge is 0.254 e. The highest BCUT2D eigenvalue weighted by molar-refractivity contribution is 7.89. The molecule has 3 aromatic rings. The number of hydrogen-bond donors (Lipinski definition) is 4. The molecule has 13 heteroatoms. The molecular formula is C20H16ClF2N5O4S. The molecule has 1 aliphatic heterocycles. The Kier molecular flexibility index (Phi) is 5.68. The molecule has 0 saturated carbocycles. The number of primary sulfonamides is 1. The maximum Gasteiger partial charge on any atom is 0.254 e. The Morgan fingerprint density at radius 2 is 1.97 bits per heavy atom. The highest BCUT2D eigenvalue weighted by atomic mass is 35.5. The molecule has 2 amide bonds. The zero-order valence-electron chi connectivity index (χ0n) is 16.9. The SMILES string of the molecule is CC1=C(C(=O)Nc2cc3cn[nH]c3cc2F)C(c2cc(S(N)(=O)=O)c(Cl)cc2F)CC(=O)N1. The van der Waals surface area contributed by atoms with Crippen LogP contribution in [0.2, 0.25) is 5.02 Å². The minimum atomic E-state index is -4.32. The van der Waals surface area contributed by atoms with Gasteiger partial charge in [-0.05, 0) is 30.7 Å². The first-order valence-electron chi connectivity index (χ1n) is 9.42. The number of hydrogen-bond acceptors (Lipinski definition) is 5. The van der Waals surface area contributed by atoms with E-state index in [2.05, 4.69) is 20.8 Å². The summed E-state index contributed by atoms with van der Waals surface area (Å²) in [4.78, 5) is 24.8. The molecule has 1 aliphatic rings. The molecule has 0 fully saturated rings. The third-order valence-electron chi connectivity index (χ3n) is 5.22. The van der Waals surface area contributed by atoms with Gasteiger partial charge in [-0.3, -0.25) is 14.7 Å². The Balaban J connectivity index is 1.79. The highest BCUT2D eigenvalue weighted by Gasteiger charge is 2.35. The second-order valence-electron chi connectivity index (χ2n) is 7.44. The van der Waals surface area contributed by atoms with Crippen LogP contribution in [0, 0.1) is 11.6 Å². The molecule has 0 saturated heterocycles. The molecule has 2 aromatic carbocycles. The van der Waals surface area contributed by atoms with E-state index < -0.39 is 49.3 Å². The minimum absolute atomic E-state index is 0.0807. The van der Waals surface area contributed by atoms with E-state index >= 15 is 0 Å². The average molecular weight is 496 g/mol. The molecule has 2 heterocycles.